The maximum Gasteiger partial charge on any atom is 0.325 e. The summed E-state index contributed by atoms with van der Waals surface area (Å²) in [5.41, 5.74) is 1.85. The van der Waals surface area contributed by atoms with Crippen molar-refractivity contribution < 1.29 is 19.5 Å². The number of carboxylic acid groups (broad SMARTS) is 1. The van der Waals surface area contributed by atoms with E-state index in [-0.39, 0.29) is 11.8 Å². The Morgan fingerprint density at radius 1 is 1.04 bits per heavy atom. The zero-order chi connectivity index (χ0) is 20.1. The van der Waals surface area contributed by atoms with Gasteiger partial charge in [-0.15, -0.1) is 0 Å². The van der Waals surface area contributed by atoms with E-state index in [0.717, 1.165) is 0 Å². The monoisotopic (exact) mass is 370 g/mol. The van der Waals surface area contributed by atoms with Gasteiger partial charge in [0.25, 0.3) is 11.8 Å². The third-order valence-corrected chi connectivity index (χ3v) is 3.85. The van der Waals surface area contributed by atoms with Gasteiger partial charge in [0.2, 0.25) is 0 Å². The summed E-state index contributed by atoms with van der Waals surface area (Å²) in [6.07, 6.45) is 1.50. The van der Waals surface area contributed by atoms with Crippen molar-refractivity contribution in [2.24, 2.45) is 0 Å². The largest absolute Gasteiger partial charge is 0.480 e. The van der Waals surface area contributed by atoms with Crippen LogP contribution in [0.25, 0.3) is 0 Å². The number of benzene rings is 1. The summed E-state index contributed by atoms with van der Waals surface area (Å²) in [7, 11) is 0. The fraction of sp³-hybridized carbons (Fsp3) is 0.316. The number of carbonyl (C=O) groups is 3. The fourth-order valence-electron chi connectivity index (χ4n) is 2.35. The lowest BCUT2D eigenvalue weighted by molar-refractivity contribution is -0.138. The highest BCUT2D eigenvalue weighted by molar-refractivity contribution is 6.05. The zero-order valence-electron chi connectivity index (χ0n) is 15.6. The van der Waals surface area contributed by atoms with Gasteiger partial charge in [-0.25, -0.2) is 9.97 Å². The molecule has 2 rings (SSSR count). The third-order valence-electron chi connectivity index (χ3n) is 3.85. The van der Waals surface area contributed by atoms with Crippen molar-refractivity contribution >= 4 is 23.5 Å². The van der Waals surface area contributed by atoms with Crippen molar-refractivity contribution in [3.05, 3.63) is 53.1 Å². The first kappa shape index (κ1) is 20.0. The van der Waals surface area contributed by atoms with E-state index in [2.05, 4.69) is 20.6 Å². The van der Waals surface area contributed by atoms with E-state index in [9.17, 15) is 14.4 Å². The molecule has 0 saturated carbocycles. The van der Waals surface area contributed by atoms with E-state index in [1.807, 2.05) is 13.8 Å². The van der Waals surface area contributed by atoms with Gasteiger partial charge in [-0.2, -0.15) is 0 Å². The number of carbonyl (C=O) groups excluding carboxylic acids is 2. The molecular weight excluding hydrogens is 348 g/mol. The van der Waals surface area contributed by atoms with Gasteiger partial charge in [0.05, 0.1) is 11.3 Å². The molecule has 0 aliphatic carbocycles. The van der Waals surface area contributed by atoms with Gasteiger partial charge in [-0.1, -0.05) is 13.8 Å². The Bertz CT molecular complexity index is 863. The number of aryl methyl sites for hydroxylation is 1. The highest BCUT2D eigenvalue weighted by Gasteiger charge is 2.18. The standard InChI is InChI=1S/C19H22N4O4/c1-10(2)16-15(9-20-12(4)22-16)18(25)23-14-7-5-13(6-8-14)17(24)21-11(3)19(26)27/h5-11H,1-4H3,(H,21,24)(H,23,25)(H,26,27). The summed E-state index contributed by atoms with van der Waals surface area (Å²) in [6.45, 7) is 7.04. The minimum absolute atomic E-state index is 0.0646. The molecule has 1 atom stereocenters. The average Bonchev–Trinajstić information content (AvgIpc) is 2.61. The Hall–Kier alpha value is -3.29. The number of nitrogens with zero attached hydrogens (tertiary/aromatic N) is 2. The van der Waals surface area contributed by atoms with Gasteiger partial charge < -0.3 is 15.7 Å². The van der Waals surface area contributed by atoms with Crippen molar-refractivity contribution in [3.8, 4) is 0 Å². The molecule has 1 aromatic heterocycles. The number of aromatic nitrogens is 2. The Morgan fingerprint density at radius 3 is 2.22 bits per heavy atom. The number of nitrogens with one attached hydrogen (secondary N) is 2. The normalized spacial score (nSPS) is 11.7. The number of aliphatic carboxylic acids is 1. The molecule has 0 fully saturated rings. The van der Waals surface area contributed by atoms with Crippen LogP contribution in [0.4, 0.5) is 5.69 Å². The second kappa shape index (κ2) is 8.39. The molecular formula is C19H22N4O4. The molecule has 27 heavy (non-hydrogen) atoms. The van der Waals surface area contributed by atoms with Crippen LogP contribution in [0, 0.1) is 6.92 Å². The highest BCUT2D eigenvalue weighted by atomic mass is 16.4. The molecule has 1 unspecified atom stereocenters. The molecule has 8 heteroatoms. The Kier molecular flexibility index (Phi) is 6.23. The first-order chi connectivity index (χ1) is 12.7. The SMILES string of the molecule is Cc1ncc(C(=O)Nc2ccc(C(=O)NC(C)C(=O)O)cc2)c(C(C)C)n1. The van der Waals surface area contributed by atoms with Crippen LogP contribution in [0.3, 0.4) is 0 Å². The van der Waals surface area contributed by atoms with Crippen molar-refractivity contribution in [1.29, 1.82) is 0 Å². The van der Waals surface area contributed by atoms with Crippen LogP contribution >= 0.6 is 0 Å². The van der Waals surface area contributed by atoms with Crippen molar-refractivity contribution in [2.75, 3.05) is 5.32 Å². The minimum atomic E-state index is -1.12. The van der Waals surface area contributed by atoms with Gasteiger partial charge in [0.1, 0.15) is 11.9 Å². The summed E-state index contributed by atoms with van der Waals surface area (Å²) < 4.78 is 0. The summed E-state index contributed by atoms with van der Waals surface area (Å²) in [4.78, 5) is 43.8. The van der Waals surface area contributed by atoms with Crippen LogP contribution in [0.15, 0.2) is 30.5 Å². The molecule has 0 spiro atoms. The molecule has 0 aliphatic rings. The van der Waals surface area contributed by atoms with Crippen LogP contribution in [0.1, 0.15) is 58.9 Å². The predicted octanol–water partition coefficient (Wildman–Crippen LogP) is 2.36. The Morgan fingerprint density at radius 2 is 1.67 bits per heavy atom. The van der Waals surface area contributed by atoms with Crippen LogP contribution in [0.5, 0.6) is 0 Å². The molecule has 142 valence electrons. The molecule has 0 bridgehead atoms. The number of amides is 2. The van der Waals surface area contributed by atoms with Crippen LogP contribution in [-0.2, 0) is 4.79 Å². The molecule has 8 nitrogen and oxygen atoms in total. The third kappa shape index (κ3) is 5.10. The van der Waals surface area contributed by atoms with Crippen LogP contribution in [0.2, 0.25) is 0 Å². The lowest BCUT2D eigenvalue weighted by atomic mass is 10.0. The smallest absolute Gasteiger partial charge is 0.325 e. The number of carboxylic acids is 1. The van der Waals surface area contributed by atoms with Gasteiger partial charge in [0, 0.05) is 17.4 Å². The van der Waals surface area contributed by atoms with E-state index in [4.69, 9.17) is 5.11 Å². The van der Waals surface area contributed by atoms with Gasteiger partial charge in [-0.3, -0.25) is 14.4 Å². The quantitative estimate of drug-likeness (QED) is 0.718. The van der Waals surface area contributed by atoms with Crippen molar-refractivity contribution in [1.82, 2.24) is 15.3 Å². The van der Waals surface area contributed by atoms with E-state index in [0.29, 0.717) is 28.3 Å². The predicted molar refractivity (Wildman–Crippen MR) is 99.8 cm³/mol. The van der Waals surface area contributed by atoms with Gasteiger partial charge in [-0.05, 0) is 44.0 Å². The number of rotatable bonds is 6. The zero-order valence-corrected chi connectivity index (χ0v) is 15.6. The lowest BCUT2D eigenvalue weighted by Crippen LogP contribution is -2.38. The van der Waals surface area contributed by atoms with Gasteiger partial charge in [0.15, 0.2) is 0 Å². The molecule has 2 aromatic rings. The number of anilines is 1. The summed E-state index contributed by atoms with van der Waals surface area (Å²) in [5.74, 6) is -1.29. The fourth-order valence-corrected chi connectivity index (χ4v) is 2.35. The Labute approximate surface area is 157 Å². The van der Waals surface area contributed by atoms with Crippen molar-refractivity contribution in [2.45, 2.75) is 39.7 Å². The van der Waals surface area contributed by atoms with Crippen molar-refractivity contribution in [3.63, 3.8) is 0 Å². The molecule has 3 N–H and O–H groups in total. The first-order valence-electron chi connectivity index (χ1n) is 8.47. The van der Waals surface area contributed by atoms with E-state index < -0.39 is 17.9 Å². The second-order valence-electron chi connectivity index (χ2n) is 6.44. The number of hydrogen-bond acceptors (Lipinski definition) is 5. The van der Waals surface area contributed by atoms with E-state index in [1.165, 1.54) is 25.3 Å². The lowest BCUT2D eigenvalue weighted by Gasteiger charge is -2.13. The van der Waals surface area contributed by atoms with E-state index in [1.54, 1.807) is 19.1 Å². The molecule has 0 saturated heterocycles. The molecule has 0 radical (unpaired) electrons. The average molecular weight is 370 g/mol. The summed E-state index contributed by atoms with van der Waals surface area (Å²) in [5, 5.41) is 14.0. The summed E-state index contributed by atoms with van der Waals surface area (Å²) in [6, 6.07) is 5.17. The van der Waals surface area contributed by atoms with E-state index >= 15 is 0 Å². The maximum absolute atomic E-state index is 12.6. The second-order valence-corrected chi connectivity index (χ2v) is 6.44. The van der Waals surface area contributed by atoms with Crippen LogP contribution in [-0.4, -0.2) is 38.9 Å². The summed E-state index contributed by atoms with van der Waals surface area (Å²) >= 11 is 0. The maximum atomic E-state index is 12.6. The Balaban J connectivity index is 2.12. The topological polar surface area (TPSA) is 121 Å². The van der Waals surface area contributed by atoms with Gasteiger partial charge >= 0.3 is 5.97 Å². The van der Waals surface area contributed by atoms with Crippen LogP contribution < -0.4 is 10.6 Å². The number of hydrogen-bond donors (Lipinski definition) is 3. The first-order valence-corrected chi connectivity index (χ1v) is 8.47. The molecule has 1 heterocycles. The molecule has 0 aliphatic heterocycles. The molecule has 2 amide bonds. The highest BCUT2D eigenvalue weighted by Crippen LogP contribution is 2.18. The molecule has 1 aromatic carbocycles. The minimum Gasteiger partial charge on any atom is -0.480 e.